The van der Waals surface area contributed by atoms with Crippen LogP contribution >= 0.6 is 27.3 Å². The van der Waals surface area contributed by atoms with Gasteiger partial charge < -0.3 is 4.74 Å². The summed E-state index contributed by atoms with van der Waals surface area (Å²) < 4.78 is 7.84. The fourth-order valence-electron chi connectivity index (χ4n) is 3.40. The van der Waals surface area contributed by atoms with E-state index >= 15 is 0 Å². The number of amides is 1. The van der Waals surface area contributed by atoms with Crippen molar-refractivity contribution in [3.8, 4) is 5.75 Å². The number of aromatic nitrogens is 2. The standard InChI is InChI=1S/C25H18BrN3O2S/c26-19-9-11-22-23(14-19)32-25(28-22)29(15-20-7-3-4-12-27-20)24(30)16-31-21-10-8-17-5-1-2-6-18(17)13-21/h1-14H,15-16H2. The number of ether oxygens (including phenoxy) is 1. The van der Waals surface area contributed by atoms with Crippen molar-refractivity contribution in [2.75, 3.05) is 11.5 Å². The van der Waals surface area contributed by atoms with Crippen LogP contribution in [0.4, 0.5) is 5.13 Å². The van der Waals surface area contributed by atoms with E-state index in [-0.39, 0.29) is 12.5 Å². The van der Waals surface area contributed by atoms with Crippen LogP contribution < -0.4 is 9.64 Å². The number of anilines is 1. The number of rotatable bonds is 6. The van der Waals surface area contributed by atoms with Crippen molar-refractivity contribution in [2.24, 2.45) is 0 Å². The molecule has 0 spiro atoms. The van der Waals surface area contributed by atoms with Crippen molar-refractivity contribution in [1.29, 1.82) is 0 Å². The minimum absolute atomic E-state index is 0.0925. The van der Waals surface area contributed by atoms with Gasteiger partial charge in [0.1, 0.15) is 5.75 Å². The molecule has 5 aromatic rings. The minimum Gasteiger partial charge on any atom is -0.484 e. The zero-order chi connectivity index (χ0) is 21.9. The Kier molecular flexibility index (Phi) is 5.83. The molecule has 7 heteroatoms. The van der Waals surface area contributed by atoms with Crippen molar-refractivity contribution in [1.82, 2.24) is 9.97 Å². The Morgan fingerprint density at radius 2 is 1.81 bits per heavy atom. The van der Waals surface area contributed by atoms with Gasteiger partial charge in [-0.25, -0.2) is 4.98 Å². The number of fused-ring (bicyclic) bond motifs is 2. The number of thiazole rings is 1. The maximum absolute atomic E-state index is 13.3. The van der Waals surface area contributed by atoms with Crippen LogP contribution in [0.15, 0.2) is 89.5 Å². The average molecular weight is 504 g/mol. The summed E-state index contributed by atoms with van der Waals surface area (Å²) in [5.74, 6) is 0.477. The van der Waals surface area contributed by atoms with Gasteiger partial charge in [-0.1, -0.05) is 63.7 Å². The van der Waals surface area contributed by atoms with Gasteiger partial charge in [-0.2, -0.15) is 0 Å². The number of pyridine rings is 1. The molecule has 1 amide bonds. The van der Waals surface area contributed by atoms with Crippen molar-refractivity contribution in [3.63, 3.8) is 0 Å². The van der Waals surface area contributed by atoms with Gasteiger partial charge in [0.15, 0.2) is 11.7 Å². The fourth-order valence-corrected chi connectivity index (χ4v) is 4.93. The van der Waals surface area contributed by atoms with E-state index in [1.165, 1.54) is 11.3 Å². The first-order valence-electron chi connectivity index (χ1n) is 10.0. The third-order valence-corrected chi connectivity index (χ3v) is 6.54. The summed E-state index contributed by atoms with van der Waals surface area (Å²) in [7, 11) is 0. The second-order valence-corrected chi connectivity index (χ2v) is 9.13. The van der Waals surface area contributed by atoms with Gasteiger partial charge >= 0.3 is 0 Å². The summed E-state index contributed by atoms with van der Waals surface area (Å²) in [6, 6.07) is 25.4. The molecule has 0 saturated carbocycles. The first-order valence-corrected chi connectivity index (χ1v) is 11.6. The summed E-state index contributed by atoms with van der Waals surface area (Å²) in [5.41, 5.74) is 1.63. The number of carbonyl (C=O) groups excluding carboxylic acids is 1. The van der Waals surface area contributed by atoms with E-state index in [1.807, 2.05) is 78.9 Å². The number of carbonyl (C=O) groups is 1. The molecule has 0 radical (unpaired) electrons. The predicted molar refractivity (Wildman–Crippen MR) is 132 cm³/mol. The van der Waals surface area contributed by atoms with Crippen LogP contribution in [0, 0.1) is 0 Å². The maximum Gasteiger partial charge on any atom is 0.267 e. The van der Waals surface area contributed by atoms with Gasteiger partial charge in [0.05, 0.1) is 22.5 Å². The quantitative estimate of drug-likeness (QED) is 0.276. The molecular weight excluding hydrogens is 486 g/mol. The summed E-state index contributed by atoms with van der Waals surface area (Å²) >= 11 is 4.97. The van der Waals surface area contributed by atoms with Crippen LogP contribution in [0.1, 0.15) is 5.69 Å². The molecule has 0 aliphatic heterocycles. The number of nitrogens with zero attached hydrogens (tertiary/aromatic N) is 3. The lowest BCUT2D eigenvalue weighted by atomic mass is 10.1. The van der Waals surface area contributed by atoms with Gasteiger partial charge in [0.2, 0.25) is 0 Å². The number of hydrogen-bond acceptors (Lipinski definition) is 5. The normalized spacial score (nSPS) is 11.0. The van der Waals surface area contributed by atoms with Crippen molar-refractivity contribution in [2.45, 2.75) is 6.54 Å². The summed E-state index contributed by atoms with van der Waals surface area (Å²) in [4.78, 5) is 24.0. The van der Waals surface area contributed by atoms with Gasteiger partial charge in [-0.3, -0.25) is 14.7 Å². The highest BCUT2D eigenvalue weighted by molar-refractivity contribution is 9.10. The Bertz CT molecular complexity index is 1400. The second kappa shape index (κ2) is 9.06. The molecule has 0 unspecified atom stereocenters. The average Bonchev–Trinajstić information content (AvgIpc) is 3.24. The third-order valence-electron chi connectivity index (χ3n) is 5.00. The molecule has 2 aromatic heterocycles. The van der Waals surface area contributed by atoms with E-state index in [9.17, 15) is 4.79 Å². The molecule has 0 aliphatic rings. The smallest absolute Gasteiger partial charge is 0.267 e. The third kappa shape index (κ3) is 4.49. The van der Waals surface area contributed by atoms with Crippen LogP contribution in [-0.2, 0) is 11.3 Å². The molecule has 0 aliphatic carbocycles. The van der Waals surface area contributed by atoms with Crippen LogP contribution in [0.25, 0.3) is 21.0 Å². The van der Waals surface area contributed by atoms with Gasteiger partial charge in [0.25, 0.3) is 5.91 Å². The van der Waals surface area contributed by atoms with E-state index in [2.05, 4.69) is 25.9 Å². The SMILES string of the molecule is O=C(COc1ccc2ccccc2c1)N(Cc1ccccn1)c1nc2ccc(Br)cc2s1. The van der Waals surface area contributed by atoms with E-state index < -0.39 is 0 Å². The molecule has 5 nitrogen and oxygen atoms in total. The molecular formula is C25H18BrN3O2S. The first-order chi connectivity index (χ1) is 15.7. The highest BCUT2D eigenvalue weighted by atomic mass is 79.9. The Balaban J connectivity index is 1.41. The lowest BCUT2D eigenvalue weighted by Crippen LogP contribution is -2.34. The Hall–Kier alpha value is -3.29. The highest BCUT2D eigenvalue weighted by Gasteiger charge is 2.21. The first kappa shape index (κ1) is 20.6. The topological polar surface area (TPSA) is 55.3 Å². The van der Waals surface area contributed by atoms with Crippen molar-refractivity contribution in [3.05, 3.63) is 95.2 Å². The molecule has 0 N–H and O–H groups in total. The molecule has 0 saturated heterocycles. The number of halogens is 1. The summed E-state index contributed by atoms with van der Waals surface area (Å²) in [5, 5.41) is 2.82. The molecule has 0 fully saturated rings. The lowest BCUT2D eigenvalue weighted by molar-refractivity contribution is -0.120. The number of benzene rings is 3. The maximum atomic E-state index is 13.3. The molecule has 0 atom stereocenters. The minimum atomic E-state index is -0.179. The van der Waals surface area contributed by atoms with Crippen LogP contribution in [0.3, 0.4) is 0 Å². The monoisotopic (exact) mass is 503 g/mol. The Labute approximate surface area is 197 Å². The highest BCUT2D eigenvalue weighted by Crippen LogP contribution is 2.32. The lowest BCUT2D eigenvalue weighted by Gasteiger charge is -2.19. The van der Waals surface area contributed by atoms with Crippen molar-refractivity contribution < 1.29 is 9.53 Å². The van der Waals surface area contributed by atoms with Crippen LogP contribution in [0.2, 0.25) is 0 Å². The Morgan fingerprint density at radius 1 is 0.969 bits per heavy atom. The van der Waals surface area contributed by atoms with Crippen LogP contribution in [0.5, 0.6) is 5.75 Å². The Morgan fingerprint density at radius 3 is 2.66 bits per heavy atom. The molecule has 32 heavy (non-hydrogen) atoms. The van der Waals surface area contributed by atoms with E-state index in [4.69, 9.17) is 4.74 Å². The molecule has 2 heterocycles. The predicted octanol–water partition coefficient (Wildman–Crippen LogP) is 6.22. The zero-order valence-corrected chi connectivity index (χ0v) is 19.3. The second-order valence-electron chi connectivity index (χ2n) is 7.21. The van der Waals surface area contributed by atoms with Gasteiger partial charge in [-0.05, 0) is 53.2 Å². The van der Waals surface area contributed by atoms with E-state index in [1.54, 1.807) is 11.1 Å². The van der Waals surface area contributed by atoms with Gasteiger partial charge in [-0.15, -0.1) is 0 Å². The largest absolute Gasteiger partial charge is 0.484 e. The summed E-state index contributed by atoms with van der Waals surface area (Å²) in [6.45, 7) is 0.229. The fraction of sp³-hybridized carbons (Fsp3) is 0.0800. The molecule has 3 aromatic carbocycles. The van der Waals surface area contributed by atoms with Gasteiger partial charge in [0, 0.05) is 10.7 Å². The van der Waals surface area contributed by atoms with Crippen LogP contribution in [-0.4, -0.2) is 22.5 Å². The number of hydrogen-bond donors (Lipinski definition) is 0. The zero-order valence-electron chi connectivity index (χ0n) is 16.9. The van der Waals surface area contributed by atoms with E-state index in [0.717, 1.165) is 31.2 Å². The molecule has 0 bridgehead atoms. The molecule has 158 valence electrons. The molecule has 5 rings (SSSR count). The van der Waals surface area contributed by atoms with E-state index in [0.29, 0.717) is 17.4 Å². The van der Waals surface area contributed by atoms with Crippen molar-refractivity contribution >= 4 is 59.3 Å². The summed E-state index contributed by atoms with van der Waals surface area (Å²) in [6.07, 6.45) is 1.72.